The highest BCUT2D eigenvalue weighted by Gasteiger charge is 2.20. The van der Waals surface area contributed by atoms with Crippen LogP contribution in [0.25, 0.3) is 17.3 Å². The van der Waals surface area contributed by atoms with E-state index in [1.807, 2.05) is 31.2 Å². The second-order valence-corrected chi connectivity index (χ2v) is 7.00. The van der Waals surface area contributed by atoms with Crippen LogP contribution < -0.4 is 11.2 Å². The molecule has 3 aromatic rings. The molecule has 0 unspecified atom stereocenters. The number of nitrogens with one attached hydrogen (secondary N) is 1. The number of nitrogens with zero attached hydrogens (tertiary/aromatic N) is 2. The molecule has 4 rings (SSSR count). The summed E-state index contributed by atoms with van der Waals surface area (Å²) in [5, 5.41) is 10.7. The quantitative estimate of drug-likeness (QED) is 0.659. The number of para-hydroxylation sites is 1. The van der Waals surface area contributed by atoms with Gasteiger partial charge in [0.05, 0.1) is 11.4 Å². The molecule has 0 saturated heterocycles. The van der Waals surface area contributed by atoms with Gasteiger partial charge in [-0.1, -0.05) is 34.1 Å². The Balaban J connectivity index is 1.94. The van der Waals surface area contributed by atoms with Crippen LogP contribution in [-0.2, 0) is 0 Å². The lowest BCUT2D eigenvalue weighted by molar-refractivity contribution is 0.429. The molecule has 0 radical (unpaired) electrons. The van der Waals surface area contributed by atoms with Crippen molar-refractivity contribution < 1.29 is 5.11 Å². The Morgan fingerprint density at radius 1 is 1.11 bits per heavy atom. The molecule has 2 heterocycles. The molecule has 1 aliphatic rings. The first-order valence-corrected chi connectivity index (χ1v) is 8.96. The first-order chi connectivity index (χ1) is 13.0. The molecule has 0 bridgehead atoms. The van der Waals surface area contributed by atoms with Crippen LogP contribution in [0.1, 0.15) is 18.1 Å². The Kier molecular flexibility index (Phi) is 4.16. The highest BCUT2D eigenvalue weighted by Crippen LogP contribution is 2.36. The summed E-state index contributed by atoms with van der Waals surface area (Å²) in [4.78, 5) is 31.4. The summed E-state index contributed by atoms with van der Waals surface area (Å²) in [6.07, 6.45) is 1.56. The number of aromatic amines is 1. The number of allylic oxidation sites excluding steroid dienone is 1. The van der Waals surface area contributed by atoms with Crippen LogP contribution >= 0.6 is 15.9 Å². The molecule has 134 valence electrons. The van der Waals surface area contributed by atoms with Crippen LogP contribution in [0.4, 0.5) is 5.69 Å². The molecule has 7 heteroatoms. The number of aliphatic imine (C=N–C) groups is 1. The van der Waals surface area contributed by atoms with Gasteiger partial charge in [0.2, 0.25) is 5.88 Å². The van der Waals surface area contributed by atoms with E-state index in [-0.39, 0.29) is 5.56 Å². The van der Waals surface area contributed by atoms with E-state index < -0.39 is 17.1 Å². The second-order valence-electron chi connectivity index (χ2n) is 6.08. The van der Waals surface area contributed by atoms with E-state index in [0.29, 0.717) is 5.69 Å². The zero-order valence-electron chi connectivity index (χ0n) is 14.2. The molecular weight excluding hydrogens is 410 g/mol. The average Bonchev–Trinajstić information content (AvgIpc) is 2.95. The van der Waals surface area contributed by atoms with Crippen molar-refractivity contribution in [3.63, 3.8) is 0 Å². The van der Waals surface area contributed by atoms with Crippen molar-refractivity contribution >= 4 is 39.0 Å². The highest BCUT2D eigenvalue weighted by atomic mass is 79.9. The summed E-state index contributed by atoms with van der Waals surface area (Å²) >= 11 is 3.33. The molecule has 1 aliphatic heterocycles. The van der Waals surface area contributed by atoms with E-state index in [2.05, 4.69) is 25.9 Å². The molecule has 27 heavy (non-hydrogen) atoms. The fourth-order valence-electron chi connectivity index (χ4n) is 3.06. The van der Waals surface area contributed by atoms with Gasteiger partial charge >= 0.3 is 5.69 Å². The first kappa shape index (κ1) is 17.2. The summed E-state index contributed by atoms with van der Waals surface area (Å²) in [5.74, 6) is -0.421. The molecule has 0 amide bonds. The van der Waals surface area contributed by atoms with Crippen LogP contribution in [0.15, 0.2) is 67.6 Å². The third kappa shape index (κ3) is 2.96. The Bertz CT molecular complexity index is 1230. The number of benzene rings is 2. The van der Waals surface area contributed by atoms with Crippen LogP contribution in [0, 0.1) is 0 Å². The van der Waals surface area contributed by atoms with E-state index in [9.17, 15) is 14.7 Å². The lowest BCUT2D eigenvalue weighted by atomic mass is 10.0. The third-order valence-corrected chi connectivity index (χ3v) is 4.90. The Morgan fingerprint density at radius 2 is 1.81 bits per heavy atom. The Morgan fingerprint density at radius 3 is 2.56 bits per heavy atom. The van der Waals surface area contributed by atoms with E-state index >= 15 is 0 Å². The summed E-state index contributed by atoms with van der Waals surface area (Å²) in [6, 6.07) is 14.4. The van der Waals surface area contributed by atoms with E-state index in [4.69, 9.17) is 0 Å². The van der Waals surface area contributed by atoms with Gasteiger partial charge in [-0.3, -0.25) is 14.8 Å². The molecule has 0 saturated carbocycles. The fourth-order valence-corrected chi connectivity index (χ4v) is 3.32. The topological polar surface area (TPSA) is 87.4 Å². The SMILES string of the molecule is CC1=Nc2ccccc2/C1=C/c1c(O)n(-c2ccc(Br)cc2)c(=O)[nH]c1=O. The summed E-state index contributed by atoms with van der Waals surface area (Å²) in [6.45, 7) is 1.84. The Hall–Kier alpha value is -3.19. The lowest BCUT2D eigenvalue weighted by Crippen LogP contribution is -2.30. The number of aromatic hydroxyl groups is 1. The molecule has 0 atom stereocenters. The van der Waals surface area contributed by atoms with Gasteiger partial charge in [0.25, 0.3) is 5.56 Å². The summed E-state index contributed by atoms with van der Waals surface area (Å²) in [7, 11) is 0. The van der Waals surface area contributed by atoms with E-state index in [0.717, 1.165) is 31.6 Å². The van der Waals surface area contributed by atoms with Crippen LogP contribution in [0.3, 0.4) is 0 Å². The standard InChI is InChI=1S/C20H14BrN3O3/c1-11-15(14-4-2-3-5-17(14)22-11)10-16-18(25)23-20(27)24(19(16)26)13-8-6-12(21)7-9-13/h2-10,26H,1H3,(H,23,25,27)/b15-10+. The maximum Gasteiger partial charge on any atom is 0.335 e. The molecule has 0 fully saturated rings. The van der Waals surface area contributed by atoms with Crippen LogP contribution in [-0.4, -0.2) is 20.4 Å². The zero-order valence-corrected chi connectivity index (χ0v) is 15.8. The number of H-pyrrole nitrogens is 1. The molecule has 2 aromatic carbocycles. The normalized spacial score (nSPS) is 14.3. The largest absolute Gasteiger partial charge is 0.494 e. The lowest BCUT2D eigenvalue weighted by Gasteiger charge is -2.10. The molecule has 6 nitrogen and oxygen atoms in total. The van der Waals surface area contributed by atoms with Gasteiger partial charge in [0.1, 0.15) is 5.56 Å². The predicted octanol–water partition coefficient (Wildman–Crippen LogP) is 3.64. The number of hydrogen-bond acceptors (Lipinski definition) is 4. The predicted molar refractivity (Wildman–Crippen MR) is 109 cm³/mol. The molecule has 0 spiro atoms. The summed E-state index contributed by atoms with van der Waals surface area (Å²) in [5.41, 5.74) is 2.21. The smallest absolute Gasteiger partial charge is 0.335 e. The van der Waals surface area contributed by atoms with Crippen molar-refractivity contribution in [3.8, 4) is 11.6 Å². The van der Waals surface area contributed by atoms with Crippen molar-refractivity contribution in [2.45, 2.75) is 6.92 Å². The minimum absolute atomic E-state index is 0.00114. The van der Waals surface area contributed by atoms with Crippen molar-refractivity contribution in [2.75, 3.05) is 0 Å². The number of aromatic nitrogens is 2. The van der Waals surface area contributed by atoms with Gasteiger partial charge in [-0.25, -0.2) is 9.36 Å². The van der Waals surface area contributed by atoms with E-state index in [1.165, 1.54) is 0 Å². The number of fused-ring (bicyclic) bond motifs is 1. The van der Waals surface area contributed by atoms with Gasteiger partial charge in [-0.15, -0.1) is 0 Å². The van der Waals surface area contributed by atoms with Gasteiger partial charge in [0, 0.05) is 21.3 Å². The van der Waals surface area contributed by atoms with Crippen molar-refractivity contribution in [3.05, 3.63) is 85.0 Å². The van der Waals surface area contributed by atoms with Crippen molar-refractivity contribution in [1.29, 1.82) is 0 Å². The van der Waals surface area contributed by atoms with Crippen molar-refractivity contribution in [1.82, 2.24) is 9.55 Å². The maximum absolute atomic E-state index is 12.4. The monoisotopic (exact) mass is 423 g/mol. The molecular formula is C20H14BrN3O3. The molecule has 1 aromatic heterocycles. The summed E-state index contributed by atoms with van der Waals surface area (Å²) < 4.78 is 1.90. The van der Waals surface area contributed by atoms with Crippen LogP contribution in [0.5, 0.6) is 5.88 Å². The third-order valence-electron chi connectivity index (χ3n) is 4.37. The van der Waals surface area contributed by atoms with E-state index in [1.54, 1.807) is 30.3 Å². The Labute approximate surface area is 162 Å². The minimum atomic E-state index is -0.709. The maximum atomic E-state index is 12.4. The number of rotatable bonds is 2. The van der Waals surface area contributed by atoms with Gasteiger partial charge in [0.15, 0.2) is 0 Å². The molecule has 2 N–H and O–H groups in total. The number of halogens is 1. The minimum Gasteiger partial charge on any atom is -0.494 e. The van der Waals surface area contributed by atoms with Gasteiger partial charge < -0.3 is 5.11 Å². The second kappa shape index (κ2) is 6.51. The van der Waals surface area contributed by atoms with Crippen molar-refractivity contribution in [2.24, 2.45) is 4.99 Å². The van der Waals surface area contributed by atoms with Gasteiger partial charge in [-0.2, -0.15) is 0 Å². The van der Waals surface area contributed by atoms with Gasteiger partial charge in [-0.05, 0) is 43.3 Å². The fraction of sp³-hybridized carbons (Fsp3) is 0.0500. The zero-order chi connectivity index (χ0) is 19.1. The first-order valence-electron chi connectivity index (χ1n) is 8.16. The van der Waals surface area contributed by atoms with Crippen LogP contribution in [0.2, 0.25) is 0 Å². The molecule has 0 aliphatic carbocycles. The average molecular weight is 424 g/mol. The highest BCUT2D eigenvalue weighted by molar-refractivity contribution is 9.10. The number of hydrogen-bond donors (Lipinski definition) is 2.